The maximum Gasteiger partial charge on any atom is 0.155 e. The van der Waals surface area contributed by atoms with Gasteiger partial charge in [0.25, 0.3) is 0 Å². The molecule has 0 radical (unpaired) electrons. The van der Waals surface area contributed by atoms with Crippen molar-refractivity contribution in [1.82, 2.24) is 0 Å². The van der Waals surface area contributed by atoms with Crippen molar-refractivity contribution >= 4 is 0 Å². The average molecular weight is 651 g/mol. The molecule has 3 unspecified atom stereocenters. The second kappa shape index (κ2) is 13.4. The molecule has 0 saturated carbocycles. The van der Waals surface area contributed by atoms with Crippen LogP contribution >= 0.6 is 0 Å². The second-order valence-electron chi connectivity index (χ2n) is 11.8. The molecule has 0 aromatic carbocycles. The molecule has 4 saturated heterocycles. The fourth-order valence-electron chi connectivity index (χ4n) is 6.51. The Kier molecular flexibility index (Phi) is 11.0. The molecule has 0 aromatic heterocycles. The van der Waals surface area contributed by atoms with Crippen LogP contribution < -0.4 is 0 Å². The zero-order valence-electron chi connectivity index (χ0n) is 23.0. The Bertz CT molecular complexity index is 957. The number of aliphatic hydroxyl groups is 16. The zero-order chi connectivity index (χ0) is 33.0. The summed E-state index contributed by atoms with van der Waals surface area (Å²) in [6.45, 7) is -4.25. The molecule has 20 atom stereocenters. The molecule has 0 bridgehead atoms. The Labute approximate surface area is 248 Å². The summed E-state index contributed by atoms with van der Waals surface area (Å²) in [5.74, 6) is 0. The van der Waals surface area contributed by atoms with Crippen molar-refractivity contribution in [2.75, 3.05) is 26.4 Å². The molecule has 4 rings (SSSR count). The van der Waals surface area contributed by atoms with E-state index in [4.69, 9.17) is 18.9 Å². The Morgan fingerprint density at radius 1 is 0.523 bits per heavy atom. The van der Waals surface area contributed by atoms with Crippen LogP contribution in [-0.2, 0) is 18.9 Å². The highest BCUT2D eigenvalue weighted by Crippen LogP contribution is 2.47. The first kappa shape index (κ1) is 36.0. The highest BCUT2D eigenvalue weighted by Gasteiger charge is 2.73. The molecule has 258 valence electrons. The van der Waals surface area contributed by atoms with Crippen LogP contribution in [0.3, 0.4) is 0 Å². The van der Waals surface area contributed by atoms with Gasteiger partial charge in [-0.15, -0.1) is 0 Å². The minimum Gasteiger partial charge on any atom is -0.394 e. The summed E-state index contributed by atoms with van der Waals surface area (Å²) in [6.07, 6.45) is -37.8. The molecular weight excluding hydrogens is 608 g/mol. The third kappa shape index (κ3) is 5.48. The van der Waals surface area contributed by atoms with Crippen LogP contribution in [0.1, 0.15) is 0 Å². The predicted octanol–water partition coefficient (Wildman–Crippen LogP) is -10.9. The van der Waals surface area contributed by atoms with Gasteiger partial charge in [0.1, 0.15) is 110 Å². The maximum absolute atomic E-state index is 12.2. The highest BCUT2D eigenvalue weighted by molar-refractivity contribution is 5.22. The van der Waals surface area contributed by atoms with E-state index >= 15 is 0 Å². The van der Waals surface area contributed by atoms with Gasteiger partial charge in [0.05, 0.1) is 26.4 Å². The van der Waals surface area contributed by atoms with Gasteiger partial charge in [-0.3, -0.25) is 0 Å². The second-order valence-corrected chi connectivity index (χ2v) is 11.8. The smallest absolute Gasteiger partial charge is 0.155 e. The van der Waals surface area contributed by atoms with Crippen LogP contribution in [0.5, 0.6) is 0 Å². The molecule has 4 aliphatic rings. The van der Waals surface area contributed by atoms with Crippen molar-refractivity contribution in [3.63, 3.8) is 0 Å². The van der Waals surface area contributed by atoms with Crippen LogP contribution in [0.15, 0.2) is 0 Å². The SMILES string of the molecule is OC[C@@H]1O[C@H](C2(O)[C@@H](O)[C@H](C(O)[C@@H]3O[C@H](CO)[C@@H](O)[C@H](O)[C@H]3O)OCC2(O)[C@@H]2O[C@H](CO)[C@@H](O)[C@H](O)[C@H]2O)[C@@H](O)[C@H](O)[C@H]1O. The Hall–Kier alpha value is -0.800. The van der Waals surface area contributed by atoms with Crippen LogP contribution in [0.25, 0.3) is 0 Å². The summed E-state index contributed by atoms with van der Waals surface area (Å²) < 4.78 is 21.6. The first-order valence-electron chi connectivity index (χ1n) is 13.9. The minimum atomic E-state index is -3.49. The first-order valence-corrected chi connectivity index (χ1v) is 13.9. The van der Waals surface area contributed by atoms with Crippen LogP contribution in [0, 0.1) is 0 Å². The quantitative estimate of drug-likeness (QED) is 0.121. The van der Waals surface area contributed by atoms with E-state index in [1.807, 2.05) is 0 Å². The van der Waals surface area contributed by atoms with E-state index in [-0.39, 0.29) is 0 Å². The molecule has 44 heavy (non-hydrogen) atoms. The van der Waals surface area contributed by atoms with Crippen LogP contribution in [-0.4, -0.2) is 229 Å². The Morgan fingerprint density at radius 2 is 0.932 bits per heavy atom. The van der Waals surface area contributed by atoms with Gasteiger partial charge in [0, 0.05) is 0 Å². The summed E-state index contributed by atoms with van der Waals surface area (Å²) in [6, 6.07) is 0. The van der Waals surface area contributed by atoms with Crippen molar-refractivity contribution < 1.29 is 101 Å². The van der Waals surface area contributed by atoms with Gasteiger partial charge in [-0.2, -0.15) is 0 Å². The molecule has 20 heteroatoms. The molecule has 20 nitrogen and oxygen atoms in total. The van der Waals surface area contributed by atoms with E-state index in [1.165, 1.54) is 0 Å². The molecule has 0 aliphatic carbocycles. The predicted molar refractivity (Wildman–Crippen MR) is 133 cm³/mol. The number of rotatable bonds is 7. The fourth-order valence-corrected chi connectivity index (χ4v) is 6.51. The Morgan fingerprint density at radius 3 is 1.41 bits per heavy atom. The van der Waals surface area contributed by atoms with E-state index in [0.717, 1.165) is 0 Å². The standard InChI is InChI=1S/C24H42O20/c25-1-5-8(28)11(31)14(34)18(42-5)17(37)19-20(38)24(40,22-16(36)13(33)10(30)7(3-27)44-22)23(39,4-41-19)21-15(35)12(32)9(29)6(2-26)43-21/h5-22,25-40H,1-4H2/t5-,6-,7+,8-,9-,10+,11+,12+,13-,14-,15-,16+,17?,18-,19+,20+,21-,22+,23?,24?/m1/s1. The maximum atomic E-state index is 12.2. The third-order valence-corrected chi connectivity index (χ3v) is 9.24. The topological polar surface area (TPSA) is 361 Å². The van der Waals surface area contributed by atoms with Gasteiger partial charge < -0.3 is 101 Å². The van der Waals surface area contributed by atoms with Crippen LogP contribution in [0.4, 0.5) is 0 Å². The van der Waals surface area contributed by atoms with Crippen LogP contribution in [0.2, 0.25) is 0 Å². The van der Waals surface area contributed by atoms with Gasteiger partial charge in [-0.1, -0.05) is 0 Å². The van der Waals surface area contributed by atoms with Crippen molar-refractivity contribution in [3.05, 3.63) is 0 Å². The lowest BCUT2D eigenvalue weighted by Gasteiger charge is -2.61. The Balaban J connectivity index is 1.79. The molecule has 4 aliphatic heterocycles. The number of hydrogen-bond acceptors (Lipinski definition) is 20. The molecular formula is C24H42O20. The number of aliphatic hydroxyl groups excluding tert-OH is 14. The molecule has 0 aromatic rings. The summed E-state index contributed by atoms with van der Waals surface area (Å²) in [4.78, 5) is 0. The van der Waals surface area contributed by atoms with Gasteiger partial charge >= 0.3 is 0 Å². The normalized spacial score (nSPS) is 56.3. The number of hydrogen-bond donors (Lipinski definition) is 16. The van der Waals surface area contributed by atoms with Crippen molar-refractivity contribution in [2.24, 2.45) is 0 Å². The molecule has 4 heterocycles. The zero-order valence-corrected chi connectivity index (χ0v) is 23.0. The summed E-state index contributed by atoms with van der Waals surface area (Å²) >= 11 is 0. The summed E-state index contributed by atoms with van der Waals surface area (Å²) in [7, 11) is 0. The van der Waals surface area contributed by atoms with E-state index in [9.17, 15) is 81.7 Å². The van der Waals surface area contributed by atoms with Gasteiger partial charge in [-0.25, -0.2) is 0 Å². The lowest BCUT2D eigenvalue weighted by Crippen LogP contribution is -2.85. The van der Waals surface area contributed by atoms with Gasteiger partial charge in [0.2, 0.25) is 0 Å². The molecule has 16 N–H and O–H groups in total. The molecule has 4 fully saturated rings. The van der Waals surface area contributed by atoms with E-state index < -0.39 is 148 Å². The first-order chi connectivity index (χ1) is 20.5. The largest absolute Gasteiger partial charge is 0.394 e. The van der Waals surface area contributed by atoms with Gasteiger partial charge in [0.15, 0.2) is 11.2 Å². The summed E-state index contributed by atoms with van der Waals surface area (Å²) in [5, 5.41) is 170. The van der Waals surface area contributed by atoms with Crippen molar-refractivity contribution in [2.45, 2.75) is 121 Å². The molecule has 0 amide bonds. The van der Waals surface area contributed by atoms with Crippen molar-refractivity contribution in [1.29, 1.82) is 0 Å². The number of ether oxygens (including phenoxy) is 4. The fraction of sp³-hybridized carbons (Fsp3) is 1.00. The average Bonchev–Trinajstić information content (AvgIpc) is 3.00. The van der Waals surface area contributed by atoms with E-state index in [2.05, 4.69) is 0 Å². The summed E-state index contributed by atoms with van der Waals surface area (Å²) in [5.41, 5.74) is -6.74. The third-order valence-electron chi connectivity index (χ3n) is 9.24. The van der Waals surface area contributed by atoms with E-state index in [1.54, 1.807) is 0 Å². The lowest BCUT2D eigenvalue weighted by atomic mass is 9.63. The van der Waals surface area contributed by atoms with Gasteiger partial charge in [-0.05, 0) is 0 Å². The van der Waals surface area contributed by atoms with E-state index in [0.29, 0.717) is 0 Å². The minimum absolute atomic E-state index is 0.909. The molecule has 0 spiro atoms. The highest BCUT2D eigenvalue weighted by atomic mass is 16.6. The lowest BCUT2D eigenvalue weighted by molar-refractivity contribution is -0.397. The van der Waals surface area contributed by atoms with Crippen molar-refractivity contribution in [3.8, 4) is 0 Å². The monoisotopic (exact) mass is 650 g/mol.